The van der Waals surface area contributed by atoms with E-state index in [1.807, 2.05) is 7.11 Å². The second-order valence-corrected chi connectivity index (χ2v) is 5.48. The van der Waals surface area contributed by atoms with Gasteiger partial charge in [-0.2, -0.15) is 0 Å². The van der Waals surface area contributed by atoms with Gasteiger partial charge >= 0.3 is 0 Å². The van der Waals surface area contributed by atoms with Crippen molar-refractivity contribution in [3.8, 4) is 0 Å². The first kappa shape index (κ1) is 12.3. The summed E-state index contributed by atoms with van der Waals surface area (Å²) in [7, 11) is 1.84. The van der Waals surface area contributed by atoms with E-state index in [1.54, 1.807) is 0 Å². The molecule has 0 aliphatic carbocycles. The maximum Gasteiger partial charge on any atom is 0.0595 e. The Kier molecular flexibility index (Phi) is 4.62. The summed E-state index contributed by atoms with van der Waals surface area (Å²) >= 11 is 0. The maximum atomic E-state index is 5.41. The van der Waals surface area contributed by atoms with Gasteiger partial charge in [-0.15, -0.1) is 0 Å². The van der Waals surface area contributed by atoms with E-state index in [9.17, 15) is 0 Å². The van der Waals surface area contributed by atoms with E-state index in [4.69, 9.17) is 4.74 Å². The summed E-state index contributed by atoms with van der Waals surface area (Å²) < 4.78 is 5.41. The second-order valence-electron chi connectivity index (χ2n) is 5.48. The molecule has 2 saturated heterocycles. The SMILES string of the molecule is COC1CCN(CC2CCNC(C)C2)CC1. The summed E-state index contributed by atoms with van der Waals surface area (Å²) in [4.78, 5) is 2.64. The monoisotopic (exact) mass is 226 g/mol. The fourth-order valence-corrected chi connectivity index (χ4v) is 3.09. The van der Waals surface area contributed by atoms with Crippen molar-refractivity contribution in [1.82, 2.24) is 10.2 Å². The molecule has 2 atom stereocenters. The molecule has 2 rings (SSSR count). The molecule has 1 N–H and O–H groups in total. The van der Waals surface area contributed by atoms with E-state index < -0.39 is 0 Å². The standard InChI is InChI=1S/C13H26N2O/c1-11-9-12(3-6-14-11)10-15-7-4-13(16-2)5-8-15/h11-14H,3-10H2,1-2H3. The fraction of sp³-hybridized carbons (Fsp3) is 1.00. The molecule has 3 nitrogen and oxygen atoms in total. The van der Waals surface area contributed by atoms with Crippen molar-refractivity contribution in [3.05, 3.63) is 0 Å². The number of ether oxygens (including phenoxy) is 1. The highest BCUT2D eigenvalue weighted by Crippen LogP contribution is 2.20. The molecule has 16 heavy (non-hydrogen) atoms. The third-order valence-electron chi connectivity index (χ3n) is 4.12. The first-order valence-electron chi connectivity index (χ1n) is 6.76. The lowest BCUT2D eigenvalue weighted by atomic mass is 9.92. The van der Waals surface area contributed by atoms with Crippen molar-refractivity contribution < 1.29 is 4.74 Å². The Morgan fingerprint density at radius 2 is 2.00 bits per heavy atom. The Morgan fingerprint density at radius 3 is 2.62 bits per heavy atom. The molecule has 0 spiro atoms. The van der Waals surface area contributed by atoms with Gasteiger partial charge < -0.3 is 15.0 Å². The lowest BCUT2D eigenvalue weighted by molar-refractivity contribution is 0.0342. The summed E-state index contributed by atoms with van der Waals surface area (Å²) in [5.41, 5.74) is 0. The van der Waals surface area contributed by atoms with Crippen molar-refractivity contribution in [2.24, 2.45) is 5.92 Å². The number of rotatable bonds is 3. The molecule has 2 heterocycles. The maximum absolute atomic E-state index is 5.41. The van der Waals surface area contributed by atoms with Gasteiger partial charge in [0.05, 0.1) is 6.10 Å². The number of nitrogens with zero attached hydrogens (tertiary/aromatic N) is 1. The molecule has 2 fully saturated rings. The second kappa shape index (κ2) is 5.99. The quantitative estimate of drug-likeness (QED) is 0.789. The van der Waals surface area contributed by atoms with E-state index in [-0.39, 0.29) is 0 Å². The molecule has 94 valence electrons. The van der Waals surface area contributed by atoms with Crippen molar-refractivity contribution in [1.29, 1.82) is 0 Å². The molecule has 0 bridgehead atoms. The number of nitrogens with one attached hydrogen (secondary N) is 1. The van der Waals surface area contributed by atoms with Crippen molar-refractivity contribution in [2.45, 2.75) is 44.8 Å². The van der Waals surface area contributed by atoms with Crippen LogP contribution in [0.5, 0.6) is 0 Å². The topological polar surface area (TPSA) is 24.5 Å². The highest BCUT2D eigenvalue weighted by Gasteiger charge is 2.24. The number of piperidine rings is 2. The Morgan fingerprint density at radius 1 is 1.25 bits per heavy atom. The average molecular weight is 226 g/mol. The van der Waals surface area contributed by atoms with Gasteiger partial charge in [-0.25, -0.2) is 0 Å². The number of likely N-dealkylation sites (tertiary alicyclic amines) is 1. The van der Waals surface area contributed by atoms with Crippen LogP contribution in [0.25, 0.3) is 0 Å². The van der Waals surface area contributed by atoms with Gasteiger partial charge in [-0.3, -0.25) is 0 Å². The average Bonchev–Trinajstić information content (AvgIpc) is 2.30. The Balaban J connectivity index is 1.69. The van der Waals surface area contributed by atoms with E-state index in [0.717, 1.165) is 12.0 Å². The van der Waals surface area contributed by atoms with Crippen LogP contribution in [0.2, 0.25) is 0 Å². The zero-order valence-electron chi connectivity index (χ0n) is 10.7. The third kappa shape index (κ3) is 3.44. The lowest BCUT2D eigenvalue weighted by Gasteiger charge is -2.36. The molecular weight excluding hydrogens is 200 g/mol. The van der Waals surface area contributed by atoms with Crippen molar-refractivity contribution >= 4 is 0 Å². The van der Waals surface area contributed by atoms with Gasteiger partial charge in [0.25, 0.3) is 0 Å². The van der Waals surface area contributed by atoms with Crippen LogP contribution in [-0.4, -0.2) is 50.3 Å². The summed E-state index contributed by atoms with van der Waals surface area (Å²) in [6.45, 7) is 7.29. The summed E-state index contributed by atoms with van der Waals surface area (Å²) in [6, 6.07) is 0.718. The highest BCUT2D eigenvalue weighted by atomic mass is 16.5. The molecule has 2 aliphatic rings. The molecule has 0 aromatic heterocycles. The summed E-state index contributed by atoms with van der Waals surface area (Å²) in [6.07, 6.45) is 5.66. The van der Waals surface area contributed by atoms with Crippen molar-refractivity contribution in [2.75, 3.05) is 33.3 Å². The van der Waals surface area contributed by atoms with Crippen molar-refractivity contribution in [3.63, 3.8) is 0 Å². The summed E-state index contributed by atoms with van der Waals surface area (Å²) in [5, 5.41) is 3.53. The van der Waals surface area contributed by atoms with E-state index >= 15 is 0 Å². The fourth-order valence-electron chi connectivity index (χ4n) is 3.09. The molecule has 2 unspecified atom stereocenters. The predicted molar refractivity (Wildman–Crippen MR) is 66.7 cm³/mol. The molecular formula is C13H26N2O. The number of methoxy groups -OCH3 is 1. The van der Waals surface area contributed by atoms with Gasteiger partial charge in [0, 0.05) is 32.8 Å². The molecule has 0 amide bonds. The molecule has 0 aromatic carbocycles. The minimum absolute atomic E-state index is 0.517. The predicted octanol–water partition coefficient (Wildman–Crippen LogP) is 1.49. The Hall–Kier alpha value is -0.120. The number of hydrogen-bond donors (Lipinski definition) is 1. The van der Waals surface area contributed by atoms with Gasteiger partial charge in [-0.05, 0) is 45.1 Å². The van der Waals surface area contributed by atoms with Crippen LogP contribution < -0.4 is 5.32 Å². The smallest absolute Gasteiger partial charge is 0.0595 e. The van der Waals surface area contributed by atoms with Crippen LogP contribution in [-0.2, 0) is 4.74 Å². The number of hydrogen-bond acceptors (Lipinski definition) is 3. The molecule has 0 saturated carbocycles. The molecule has 2 aliphatic heterocycles. The summed E-state index contributed by atoms with van der Waals surface area (Å²) in [5.74, 6) is 0.912. The van der Waals surface area contributed by atoms with E-state index in [1.165, 1.54) is 51.9 Å². The van der Waals surface area contributed by atoms with Crippen LogP contribution >= 0.6 is 0 Å². The van der Waals surface area contributed by atoms with Crippen LogP contribution in [0.1, 0.15) is 32.6 Å². The van der Waals surface area contributed by atoms with Crippen LogP contribution in [0.3, 0.4) is 0 Å². The largest absolute Gasteiger partial charge is 0.381 e. The minimum Gasteiger partial charge on any atom is -0.381 e. The first-order valence-corrected chi connectivity index (χ1v) is 6.76. The van der Waals surface area contributed by atoms with E-state index in [2.05, 4.69) is 17.1 Å². The molecule has 3 heteroatoms. The lowest BCUT2D eigenvalue weighted by Crippen LogP contribution is -2.43. The van der Waals surface area contributed by atoms with Gasteiger partial charge in [0.15, 0.2) is 0 Å². The van der Waals surface area contributed by atoms with Gasteiger partial charge in [0.2, 0.25) is 0 Å². The minimum atomic E-state index is 0.517. The third-order valence-corrected chi connectivity index (χ3v) is 4.12. The first-order chi connectivity index (χ1) is 7.78. The van der Waals surface area contributed by atoms with Crippen LogP contribution in [0.4, 0.5) is 0 Å². The van der Waals surface area contributed by atoms with Crippen LogP contribution in [0, 0.1) is 5.92 Å². The Labute approximate surface area is 99.5 Å². The molecule has 0 radical (unpaired) electrons. The highest BCUT2D eigenvalue weighted by molar-refractivity contribution is 4.80. The van der Waals surface area contributed by atoms with E-state index in [0.29, 0.717) is 6.10 Å². The Bertz CT molecular complexity index is 202. The molecule has 0 aromatic rings. The normalized spacial score (nSPS) is 34.1. The zero-order chi connectivity index (χ0) is 11.4. The van der Waals surface area contributed by atoms with Gasteiger partial charge in [0.1, 0.15) is 0 Å². The van der Waals surface area contributed by atoms with Gasteiger partial charge in [-0.1, -0.05) is 0 Å². The van der Waals surface area contributed by atoms with Crippen LogP contribution in [0.15, 0.2) is 0 Å². The zero-order valence-corrected chi connectivity index (χ0v) is 10.7.